The standard InChI is InChI=1S/C19H18FN5OS2/c1-19(2)18(22)23-13(9-27-19)15-12(20)7-14(28-15)17-25-24-16(26-17)11-5-3-10(8-21)4-6-11/h3-7,13,17,25H,9H2,1-2H3,(H2,22,23). The molecule has 28 heavy (non-hydrogen) atoms. The van der Waals surface area contributed by atoms with E-state index in [1.54, 1.807) is 36.0 Å². The summed E-state index contributed by atoms with van der Waals surface area (Å²) in [4.78, 5) is 5.75. The highest BCUT2D eigenvalue weighted by atomic mass is 32.2. The Bertz CT molecular complexity index is 1010. The third-order valence-corrected chi connectivity index (χ3v) is 7.25. The summed E-state index contributed by atoms with van der Waals surface area (Å²) >= 11 is 2.99. The van der Waals surface area contributed by atoms with Gasteiger partial charge in [-0.25, -0.2) is 4.39 Å². The zero-order valence-corrected chi connectivity index (χ0v) is 16.9. The van der Waals surface area contributed by atoms with E-state index in [2.05, 4.69) is 21.6 Å². The Labute approximate surface area is 170 Å². The topological polar surface area (TPSA) is 95.8 Å². The Balaban J connectivity index is 1.51. The van der Waals surface area contributed by atoms with Gasteiger partial charge in [-0.2, -0.15) is 5.26 Å². The minimum atomic E-state index is -0.562. The Morgan fingerprint density at radius 1 is 1.36 bits per heavy atom. The maximum atomic E-state index is 14.6. The number of rotatable bonds is 3. The van der Waals surface area contributed by atoms with Crippen LogP contribution >= 0.6 is 23.1 Å². The molecule has 3 heterocycles. The molecule has 3 N–H and O–H groups in total. The number of hydrogen-bond acceptors (Lipinski definition) is 8. The van der Waals surface area contributed by atoms with E-state index in [1.165, 1.54) is 17.4 Å². The molecule has 4 rings (SSSR count). The van der Waals surface area contributed by atoms with Gasteiger partial charge in [-0.15, -0.1) is 28.2 Å². The normalized spacial score (nSPS) is 23.2. The van der Waals surface area contributed by atoms with Crippen molar-refractivity contribution >= 4 is 34.8 Å². The molecule has 0 aliphatic carbocycles. The van der Waals surface area contributed by atoms with Crippen molar-refractivity contribution in [1.82, 2.24) is 5.43 Å². The number of nitrogens with zero attached hydrogens (tertiary/aromatic N) is 3. The van der Waals surface area contributed by atoms with Gasteiger partial charge in [0.15, 0.2) is 0 Å². The van der Waals surface area contributed by atoms with Crippen LogP contribution in [0.5, 0.6) is 0 Å². The number of hydrazone groups is 1. The summed E-state index contributed by atoms with van der Waals surface area (Å²) in [6.07, 6.45) is -0.562. The van der Waals surface area contributed by atoms with Gasteiger partial charge in [-0.3, -0.25) is 10.4 Å². The number of nitrogens with one attached hydrogen (secondary N) is 1. The number of hydrogen-bond donors (Lipinski definition) is 2. The Kier molecular flexibility index (Phi) is 4.77. The van der Waals surface area contributed by atoms with E-state index >= 15 is 0 Å². The van der Waals surface area contributed by atoms with Gasteiger partial charge >= 0.3 is 0 Å². The summed E-state index contributed by atoms with van der Waals surface area (Å²) in [5.41, 5.74) is 10.3. The van der Waals surface area contributed by atoms with Gasteiger partial charge in [-0.05, 0) is 44.2 Å². The maximum Gasteiger partial charge on any atom is 0.240 e. The molecule has 0 radical (unpaired) electrons. The highest BCUT2D eigenvalue weighted by Crippen LogP contribution is 2.41. The van der Waals surface area contributed by atoms with E-state index < -0.39 is 6.23 Å². The number of halogens is 1. The predicted octanol–water partition coefficient (Wildman–Crippen LogP) is 3.66. The number of thioether (sulfide) groups is 1. The first-order valence-corrected chi connectivity index (χ1v) is 10.4. The van der Waals surface area contributed by atoms with Crippen molar-refractivity contribution in [3.63, 3.8) is 0 Å². The fraction of sp³-hybridized carbons (Fsp3) is 0.316. The highest BCUT2D eigenvalue weighted by molar-refractivity contribution is 8.01. The predicted molar refractivity (Wildman–Crippen MR) is 110 cm³/mol. The van der Waals surface area contributed by atoms with Crippen molar-refractivity contribution in [2.45, 2.75) is 30.9 Å². The molecule has 2 unspecified atom stereocenters. The van der Waals surface area contributed by atoms with E-state index in [0.717, 1.165) is 5.56 Å². The van der Waals surface area contributed by atoms with Gasteiger partial charge < -0.3 is 10.5 Å². The number of nitrogens with two attached hydrogens (primary N) is 1. The molecule has 9 heteroatoms. The molecule has 2 aliphatic heterocycles. The third-order valence-electron chi connectivity index (χ3n) is 4.58. The van der Waals surface area contributed by atoms with Crippen LogP contribution in [0, 0.1) is 17.1 Å². The molecule has 6 nitrogen and oxygen atoms in total. The van der Waals surface area contributed by atoms with Crippen LogP contribution in [0.4, 0.5) is 4.39 Å². The lowest BCUT2D eigenvalue weighted by atomic mass is 10.1. The first-order chi connectivity index (χ1) is 13.4. The zero-order chi connectivity index (χ0) is 19.9. The molecule has 0 saturated carbocycles. The quantitative estimate of drug-likeness (QED) is 0.798. The van der Waals surface area contributed by atoms with Crippen molar-refractivity contribution in [3.05, 3.63) is 57.0 Å². The fourth-order valence-electron chi connectivity index (χ4n) is 2.84. The zero-order valence-electron chi connectivity index (χ0n) is 15.3. The number of benzene rings is 1. The SMILES string of the molecule is CC1(C)SCC(c2sc(C3NN=C(c4ccc(C#N)cc4)O3)cc2F)N=C1N. The lowest BCUT2D eigenvalue weighted by molar-refractivity contribution is 0.195. The second-order valence-electron chi connectivity index (χ2n) is 6.95. The van der Waals surface area contributed by atoms with Crippen molar-refractivity contribution in [3.8, 4) is 6.07 Å². The molecule has 2 atom stereocenters. The summed E-state index contributed by atoms with van der Waals surface area (Å²) in [6.45, 7) is 4.03. The number of thiophene rings is 1. The summed E-state index contributed by atoms with van der Waals surface area (Å²) in [5, 5.41) is 13.1. The van der Waals surface area contributed by atoms with Gasteiger partial charge in [-0.1, -0.05) is 0 Å². The minimum absolute atomic E-state index is 0.229. The number of nitriles is 1. The molecule has 1 aromatic heterocycles. The Morgan fingerprint density at radius 3 is 2.79 bits per heavy atom. The number of amidine groups is 1. The summed E-state index contributed by atoms with van der Waals surface area (Å²) in [7, 11) is 0. The molecule has 0 amide bonds. The van der Waals surface area contributed by atoms with Gasteiger partial charge in [0.25, 0.3) is 0 Å². The molecular formula is C19H18FN5OS2. The Hall–Kier alpha value is -2.57. The number of aliphatic imine (C=N–C) groups is 1. The molecule has 1 aromatic carbocycles. The van der Waals surface area contributed by atoms with Crippen LogP contribution in [-0.2, 0) is 4.74 Å². The van der Waals surface area contributed by atoms with Crippen molar-refractivity contribution in [2.75, 3.05) is 5.75 Å². The highest BCUT2D eigenvalue weighted by Gasteiger charge is 2.34. The van der Waals surface area contributed by atoms with Crippen LogP contribution in [-0.4, -0.2) is 22.2 Å². The molecular weight excluding hydrogens is 397 g/mol. The smallest absolute Gasteiger partial charge is 0.240 e. The largest absolute Gasteiger partial charge is 0.446 e. The Morgan fingerprint density at radius 2 is 2.11 bits per heavy atom. The lowest BCUT2D eigenvalue weighted by Gasteiger charge is -2.30. The molecule has 2 aliphatic rings. The second kappa shape index (κ2) is 7.11. The van der Waals surface area contributed by atoms with E-state index in [4.69, 9.17) is 15.7 Å². The molecule has 0 saturated heterocycles. The van der Waals surface area contributed by atoms with Crippen LogP contribution in [0.2, 0.25) is 0 Å². The van der Waals surface area contributed by atoms with E-state index in [0.29, 0.717) is 32.8 Å². The second-order valence-corrected chi connectivity index (χ2v) is 9.70. The summed E-state index contributed by atoms with van der Waals surface area (Å²) in [5.74, 6) is 1.31. The van der Waals surface area contributed by atoms with E-state index in [9.17, 15) is 4.39 Å². The summed E-state index contributed by atoms with van der Waals surface area (Å²) in [6, 6.07) is 10.2. The van der Waals surface area contributed by atoms with Crippen molar-refractivity contribution in [1.29, 1.82) is 5.26 Å². The molecule has 2 aromatic rings. The van der Waals surface area contributed by atoms with Gasteiger partial charge in [0.1, 0.15) is 11.7 Å². The van der Waals surface area contributed by atoms with Gasteiger partial charge in [0.2, 0.25) is 12.1 Å². The van der Waals surface area contributed by atoms with Gasteiger partial charge in [0.05, 0.1) is 32.2 Å². The van der Waals surface area contributed by atoms with Gasteiger partial charge in [0, 0.05) is 11.3 Å². The van der Waals surface area contributed by atoms with Crippen LogP contribution in [0.25, 0.3) is 0 Å². The maximum absolute atomic E-state index is 14.6. The van der Waals surface area contributed by atoms with Crippen LogP contribution in [0.15, 0.2) is 40.4 Å². The lowest BCUT2D eigenvalue weighted by Crippen LogP contribution is -2.39. The average Bonchev–Trinajstić information content (AvgIpc) is 3.31. The van der Waals surface area contributed by atoms with Crippen LogP contribution in [0.3, 0.4) is 0 Å². The van der Waals surface area contributed by atoms with E-state index in [1.807, 2.05) is 13.8 Å². The number of ether oxygens (including phenoxy) is 1. The molecule has 144 valence electrons. The monoisotopic (exact) mass is 415 g/mol. The minimum Gasteiger partial charge on any atom is -0.446 e. The fourth-order valence-corrected chi connectivity index (χ4v) is 5.01. The molecule has 0 fully saturated rings. The first-order valence-electron chi connectivity index (χ1n) is 8.64. The summed E-state index contributed by atoms with van der Waals surface area (Å²) < 4.78 is 20.2. The molecule has 0 spiro atoms. The van der Waals surface area contributed by atoms with Crippen LogP contribution in [0.1, 0.15) is 47.0 Å². The van der Waals surface area contributed by atoms with E-state index in [-0.39, 0.29) is 16.6 Å². The van der Waals surface area contributed by atoms with Crippen molar-refractivity contribution < 1.29 is 9.13 Å². The van der Waals surface area contributed by atoms with Crippen LogP contribution < -0.4 is 11.2 Å². The molecule has 0 bridgehead atoms. The van der Waals surface area contributed by atoms with Crippen molar-refractivity contribution in [2.24, 2.45) is 15.8 Å². The first kappa shape index (κ1) is 18.8. The average molecular weight is 416 g/mol. The third kappa shape index (κ3) is 3.45.